The molecule has 1 heterocycles. The van der Waals surface area contributed by atoms with Gasteiger partial charge in [0.1, 0.15) is 5.56 Å². The van der Waals surface area contributed by atoms with Crippen LogP contribution in [0.25, 0.3) is 0 Å². The summed E-state index contributed by atoms with van der Waals surface area (Å²) >= 11 is 0. The SMILES string of the molecule is COc1ncccc1C(=O)Nc1c(C)cccc1C(=O)O. The number of ether oxygens (including phenoxy) is 1. The molecule has 0 atom stereocenters. The van der Waals surface area contributed by atoms with E-state index in [9.17, 15) is 14.7 Å². The lowest BCUT2D eigenvalue weighted by molar-refractivity contribution is 0.0698. The summed E-state index contributed by atoms with van der Waals surface area (Å²) < 4.78 is 5.02. The molecule has 2 aromatic rings. The maximum Gasteiger partial charge on any atom is 0.337 e. The summed E-state index contributed by atoms with van der Waals surface area (Å²) in [5.74, 6) is -1.40. The summed E-state index contributed by atoms with van der Waals surface area (Å²) in [5, 5.41) is 11.8. The van der Waals surface area contributed by atoms with Crippen LogP contribution in [0.3, 0.4) is 0 Å². The normalized spacial score (nSPS) is 10.0. The van der Waals surface area contributed by atoms with E-state index < -0.39 is 11.9 Å². The molecule has 0 radical (unpaired) electrons. The molecule has 0 aliphatic rings. The van der Waals surface area contributed by atoms with Gasteiger partial charge in [0.05, 0.1) is 18.4 Å². The molecule has 0 bridgehead atoms. The van der Waals surface area contributed by atoms with Gasteiger partial charge in [0.25, 0.3) is 5.91 Å². The van der Waals surface area contributed by atoms with Gasteiger partial charge in [-0.15, -0.1) is 0 Å². The Labute approximate surface area is 121 Å². The molecule has 1 aromatic carbocycles. The maximum absolute atomic E-state index is 12.3. The summed E-state index contributed by atoms with van der Waals surface area (Å²) in [6, 6.07) is 7.94. The second-order valence-corrected chi connectivity index (χ2v) is 4.32. The van der Waals surface area contributed by atoms with Crippen LogP contribution < -0.4 is 10.1 Å². The predicted molar refractivity (Wildman–Crippen MR) is 76.9 cm³/mol. The largest absolute Gasteiger partial charge is 0.480 e. The lowest BCUT2D eigenvalue weighted by atomic mass is 10.1. The zero-order valence-corrected chi connectivity index (χ0v) is 11.6. The molecule has 0 unspecified atom stereocenters. The Hall–Kier alpha value is -2.89. The quantitative estimate of drug-likeness (QED) is 0.900. The van der Waals surface area contributed by atoms with Crippen LogP contribution in [0.4, 0.5) is 5.69 Å². The van der Waals surface area contributed by atoms with Crippen molar-refractivity contribution in [1.82, 2.24) is 4.98 Å². The molecule has 6 nitrogen and oxygen atoms in total. The number of amides is 1. The van der Waals surface area contributed by atoms with Gasteiger partial charge in [-0.05, 0) is 30.7 Å². The van der Waals surface area contributed by atoms with Crippen molar-refractivity contribution in [2.24, 2.45) is 0 Å². The van der Waals surface area contributed by atoms with E-state index in [1.54, 1.807) is 31.2 Å². The minimum atomic E-state index is -1.10. The number of benzene rings is 1. The van der Waals surface area contributed by atoms with Gasteiger partial charge in [-0.25, -0.2) is 9.78 Å². The molecule has 21 heavy (non-hydrogen) atoms. The number of carboxylic acid groups (broad SMARTS) is 1. The van der Waals surface area contributed by atoms with E-state index in [1.807, 2.05) is 0 Å². The predicted octanol–water partition coefficient (Wildman–Crippen LogP) is 2.35. The smallest absolute Gasteiger partial charge is 0.337 e. The van der Waals surface area contributed by atoms with Gasteiger partial charge in [0.15, 0.2) is 0 Å². The number of pyridine rings is 1. The van der Waals surface area contributed by atoms with Crippen molar-refractivity contribution >= 4 is 17.6 Å². The minimum Gasteiger partial charge on any atom is -0.480 e. The standard InChI is InChI=1S/C15H14N2O4/c1-9-5-3-6-10(15(19)20)12(9)17-13(18)11-7-4-8-16-14(11)21-2/h3-8H,1-2H3,(H,17,18)(H,19,20). The summed E-state index contributed by atoms with van der Waals surface area (Å²) in [5.41, 5.74) is 1.19. The highest BCUT2D eigenvalue weighted by Gasteiger charge is 2.18. The molecule has 1 aromatic heterocycles. The topological polar surface area (TPSA) is 88.5 Å². The maximum atomic E-state index is 12.3. The number of rotatable bonds is 4. The Morgan fingerprint density at radius 3 is 2.57 bits per heavy atom. The number of hydrogen-bond acceptors (Lipinski definition) is 4. The molecule has 108 valence electrons. The van der Waals surface area contributed by atoms with Crippen molar-refractivity contribution in [3.63, 3.8) is 0 Å². The Morgan fingerprint density at radius 1 is 1.19 bits per heavy atom. The van der Waals surface area contributed by atoms with E-state index in [1.165, 1.54) is 19.4 Å². The lowest BCUT2D eigenvalue weighted by Gasteiger charge is -2.12. The van der Waals surface area contributed by atoms with Crippen LogP contribution in [0.5, 0.6) is 5.88 Å². The fourth-order valence-corrected chi connectivity index (χ4v) is 1.92. The number of nitrogens with one attached hydrogen (secondary N) is 1. The Kier molecular flexibility index (Phi) is 4.18. The van der Waals surface area contributed by atoms with Gasteiger partial charge < -0.3 is 15.2 Å². The van der Waals surface area contributed by atoms with Gasteiger partial charge >= 0.3 is 5.97 Å². The van der Waals surface area contributed by atoms with Crippen LogP contribution in [0.15, 0.2) is 36.5 Å². The molecule has 2 N–H and O–H groups in total. The van der Waals surface area contributed by atoms with Crippen molar-refractivity contribution in [2.75, 3.05) is 12.4 Å². The van der Waals surface area contributed by atoms with Crippen LogP contribution in [0, 0.1) is 6.92 Å². The minimum absolute atomic E-state index is 0.0335. The molecular formula is C15H14N2O4. The average molecular weight is 286 g/mol. The summed E-state index contributed by atoms with van der Waals surface area (Å²) in [6.45, 7) is 1.72. The number of carbonyl (C=O) groups excluding carboxylic acids is 1. The van der Waals surface area contributed by atoms with Gasteiger partial charge in [-0.3, -0.25) is 4.79 Å². The van der Waals surface area contributed by atoms with Crippen molar-refractivity contribution in [3.8, 4) is 5.88 Å². The molecule has 0 spiro atoms. The zero-order chi connectivity index (χ0) is 15.4. The highest BCUT2D eigenvalue weighted by molar-refractivity contribution is 6.09. The Morgan fingerprint density at radius 2 is 1.90 bits per heavy atom. The van der Waals surface area contributed by atoms with Crippen LogP contribution in [0.1, 0.15) is 26.3 Å². The van der Waals surface area contributed by atoms with Crippen molar-refractivity contribution in [2.45, 2.75) is 6.92 Å². The van der Waals surface area contributed by atoms with E-state index >= 15 is 0 Å². The number of aromatic nitrogens is 1. The number of anilines is 1. The van der Waals surface area contributed by atoms with Crippen molar-refractivity contribution in [1.29, 1.82) is 0 Å². The molecule has 0 aliphatic carbocycles. The van der Waals surface area contributed by atoms with Gasteiger partial charge in [-0.2, -0.15) is 0 Å². The number of aromatic carboxylic acids is 1. The second kappa shape index (κ2) is 6.04. The van der Waals surface area contributed by atoms with E-state index in [0.29, 0.717) is 5.56 Å². The van der Waals surface area contributed by atoms with E-state index in [-0.39, 0.29) is 22.7 Å². The molecular weight excluding hydrogens is 272 g/mol. The van der Waals surface area contributed by atoms with Crippen molar-refractivity contribution < 1.29 is 19.4 Å². The number of para-hydroxylation sites is 1. The monoisotopic (exact) mass is 286 g/mol. The number of carboxylic acids is 1. The number of hydrogen-bond donors (Lipinski definition) is 2. The first kappa shape index (κ1) is 14.5. The lowest BCUT2D eigenvalue weighted by Crippen LogP contribution is -2.17. The zero-order valence-electron chi connectivity index (χ0n) is 11.6. The summed E-state index contributed by atoms with van der Waals surface area (Å²) in [6.07, 6.45) is 1.51. The fourth-order valence-electron chi connectivity index (χ4n) is 1.92. The highest BCUT2D eigenvalue weighted by atomic mass is 16.5. The molecule has 1 amide bonds. The summed E-state index contributed by atoms with van der Waals surface area (Å²) in [7, 11) is 1.41. The average Bonchev–Trinajstić information content (AvgIpc) is 2.48. The van der Waals surface area contributed by atoms with Crippen LogP contribution in [-0.2, 0) is 0 Å². The van der Waals surface area contributed by atoms with Crippen LogP contribution in [0.2, 0.25) is 0 Å². The van der Waals surface area contributed by atoms with Gasteiger partial charge in [0.2, 0.25) is 5.88 Å². The second-order valence-electron chi connectivity index (χ2n) is 4.32. The van der Waals surface area contributed by atoms with Gasteiger partial charge in [-0.1, -0.05) is 12.1 Å². The molecule has 0 fully saturated rings. The van der Waals surface area contributed by atoms with Crippen LogP contribution in [-0.4, -0.2) is 29.1 Å². The number of aryl methyl sites for hydroxylation is 1. The first-order chi connectivity index (χ1) is 10.0. The third-order valence-corrected chi connectivity index (χ3v) is 2.95. The highest BCUT2D eigenvalue weighted by Crippen LogP contribution is 2.23. The first-order valence-corrected chi connectivity index (χ1v) is 6.18. The third kappa shape index (κ3) is 3.00. The Balaban J connectivity index is 2.38. The molecule has 0 aliphatic heterocycles. The number of nitrogens with zero attached hydrogens (tertiary/aromatic N) is 1. The van der Waals surface area contributed by atoms with E-state index in [2.05, 4.69) is 10.3 Å². The fraction of sp³-hybridized carbons (Fsp3) is 0.133. The molecule has 2 rings (SSSR count). The molecule has 6 heteroatoms. The van der Waals surface area contributed by atoms with Crippen LogP contribution >= 0.6 is 0 Å². The molecule has 0 saturated heterocycles. The van der Waals surface area contributed by atoms with E-state index in [4.69, 9.17) is 4.74 Å². The Bertz CT molecular complexity index is 698. The van der Waals surface area contributed by atoms with Crippen molar-refractivity contribution in [3.05, 3.63) is 53.2 Å². The molecule has 0 saturated carbocycles. The summed E-state index contributed by atoms with van der Waals surface area (Å²) in [4.78, 5) is 27.5. The number of carbonyl (C=O) groups is 2. The first-order valence-electron chi connectivity index (χ1n) is 6.18. The van der Waals surface area contributed by atoms with Gasteiger partial charge in [0, 0.05) is 6.20 Å². The van der Waals surface area contributed by atoms with E-state index in [0.717, 1.165) is 0 Å². The number of methoxy groups -OCH3 is 1. The third-order valence-electron chi connectivity index (χ3n) is 2.95.